The first-order valence-corrected chi connectivity index (χ1v) is 10.9. The van der Waals surface area contributed by atoms with E-state index in [0.29, 0.717) is 31.6 Å². The van der Waals surface area contributed by atoms with E-state index in [9.17, 15) is 23.6 Å². The second-order valence-electron chi connectivity index (χ2n) is 8.58. The molecule has 10 heteroatoms. The molecular weight excluding hydrogens is 429 g/mol. The zero-order chi connectivity index (χ0) is 23.1. The maximum Gasteiger partial charge on any atom is 0.272 e. The van der Waals surface area contributed by atoms with E-state index in [1.165, 1.54) is 29.6 Å². The molecule has 0 bridgehead atoms. The number of aromatic nitrogens is 2. The van der Waals surface area contributed by atoms with Crippen LogP contribution in [0.2, 0.25) is 0 Å². The van der Waals surface area contributed by atoms with Crippen LogP contribution in [-0.2, 0) is 16.1 Å². The van der Waals surface area contributed by atoms with E-state index in [-0.39, 0.29) is 42.7 Å². The first kappa shape index (κ1) is 21.2. The van der Waals surface area contributed by atoms with Gasteiger partial charge in [-0.3, -0.25) is 24.5 Å². The van der Waals surface area contributed by atoms with Gasteiger partial charge in [0.05, 0.1) is 0 Å². The standard InChI is InChI=1S/C23H22FN5O4/c24-14-9-15(13-4-7-28(8-5-13)23(33)18-3-6-25-12-26-18)17-11-29(22(32)16(17)10-14)19-1-2-20(30)27-21(19)31/h3,6,9-10,12-13,19H,1-2,4-5,7-8,11H2,(H,27,30,31). The molecule has 5 rings (SSSR count). The number of hydrogen-bond donors (Lipinski definition) is 1. The number of amides is 4. The molecule has 1 N–H and O–H groups in total. The van der Waals surface area contributed by atoms with E-state index in [4.69, 9.17) is 0 Å². The Morgan fingerprint density at radius 3 is 2.61 bits per heavy atom. The highest BCUT2D eigenvalue weighted by molar-refractivity contribution is 6.05. The van der Waals surface area contributed by atoms with Gasteiger partial charge in [0, 0.05) is 37.8 Å². The van der Waals surface area contributed by atoms with Crippen molar-refractivity contribution in [1.29, 1.82) is 0 Å². The number of carbonyl (C=O) groups is 4. The van der Waals surface area contributed by atoms with Crippen molar-refractivity contribution in [3.05, 3.63) is 58.9 Å². The Balaban J connectivity index is 1.34. The number of hydrogen-bond acceptors (Lipinski definition) is 6. The third-order valence-corrected chi connectivity index (χ3v) is 6.68. The van der Waals surface area contributed by atoms with E-state index < -0.39 is 23.7 Å². The molecule has 0 spiro atoms. The summed E-state index contributed by atoms with van der Waals surface area (Å²) in [7, 11) is 0. The normalized spacial score (nSPS) is 21.2. The van der Waals surface area contributed by atoms with Gasteiger partial charge in [0.2, 0.25) is 11.8 Å². The van der Waals surface area contributed by atoms with Crippen molar-refractivity contribution in [2.24, 2.45) is 0 Å². The van der Waals surface area contributed by atoms with Crippen molar-refractivity contribution in [3.63, 3.8) is 0 Å². The number of fused-ring (bicyclic) bond motifs is 1. The second-order valence-corrected chi connectivity index (χ2v) is 8.58. The maximum atomic E-state index is 14.5. The van der Waals surface area contributed by atoms with Gasteiger partial charge in [0.1, 0.15) is 23.9 Å². The number of nitrogens with zero attached hydrogens (tertiary/aromatic N) is 4. The number of benzene rings is 1. The Morgan fingerprint density at radius 1 is 1.12 bits per heavy atom. The van der Waals surface area contributed by atoms with Gasteiger partial charge in [-0.2, -0.15) is 0 Å². The van der Waals surface area contributed by atoms with Gasteiger partial charge >= 0.3 is 0 Å². The van der Waals surface area contributed by atoms with Gasteiger partial charge in [0.15, 0.2) is 0 Å². The number of piperidine rings is 2. The fraction of sp³-hybridized carbons (Fsp3) is 0.391. The number of imide groups is 1. The predicted molar refractivity (Wildman–Crippen MR) is 112 cm³/mol. The van der Waals surface area contributed by atoms with Crippen molar-refractivity contribution < 1.29 is 23.6 Å². The molecule has 0 radical (unpaired) electrons. The van der Waals surface area contributed by atoms with Crippen molar-refractivity contribution >= 4 is 23.6 Å². The second kappa shape index (κ2) is 8.34. The van der Waals surface area contributed by atoms with E-state index in [1.807, 2.05) is 0 Å². The minimum atomic E-state index is -0.745. The van der Waals surface area contributed by atoms with Gasteiger partial charge in [-0.25, -0.2) is 14.4 Å². The lowest BCUT2D eigenvalue weighted by Crippen LogP contribution is -2.52. The van der Waals surface area contributed by atoms with Crippen LogP contribution < -0.4 is 5.32 Å². The van der Waals surface area contributed by atoms with Crippen LogP contribution in [0, 0.1) is 5.82 Å². The topological polar surface area (TPSA) is 113 Å². The lowest BCUT2D eigenvalue weighted by molar-refractivity contribution is -0.136. The molecular formula is C23H22FN5O4. The summed E-state index contributed by atoms with van der Waals surface area (Å²) in [6.45, 7) is 1.18. The van der Waals surface area contributed by atoms with Crippen LogP contribution >= 0.6 is 0 Å². The monoisotopic (exact) mass is 451 g/mol. The molecule has 33 heavy (non-hydrogen) atoms. The van der Waals surface area contributed by atoms with E-state index in [1.54, 1.807) is 11.0 Å². The van der Waals surface area contributed by atoms with Crippen LogP contribution in [0.5, 0.6) is 0 Å². The smallest absolute Gasteiger partial charge is 0.272 e. The summed E-state index contributed by atoms with van der Waals surface area (Å²) in [4.78, 5) is 60.5. The quantitative estimate of drug-likeness (QED) is 0.706. The maximum absolute atomic E-state index is 14.5. The van der Waals surface area contributed by atoms with Gasteiger partial charge < -0.3 is 9.80 Å². The summed E-state index contributed by atoms with van der Waals surface area (Å²) in [5, 5.41) is 2.28. The lowest BCUT2D eigenvalue weighted by Gasteiger charge is -2.33. The highest BCUT2D eigenvalue weighted by Gasteiger charge is 2.41. The Labute approximate surface area is 189 Å². The molecule has 4 amide bonds. The Bertz CT molecular complexity index is 1150. The van der Waals surface area contributed by atoms with Gasteiger partial charge in [0.25, 0.3) is 11.8 Å². The van der Waals surface area contributed by atoms with Crippen LogP contribution in [0.1, 0.15) is 63.6 Å². The predicted octanol–water partition coefficient (Wildman–Crippen LogP) is 1.40. The summed E-state index contributed by atoms with van der Waals surface area (Å²) >= 11 is 0. The number of likely N-dealkylation sites (tertiary alicyclic amines) is 1. The fourth-order valence-electron chi connectivity index (χ4n) is 4.99. The largest absolute Gasteiger partial charge is 0.337 e. The summed E-state index contributed by atoms with van der Waals surface area (Å²) in [6.07, 6.45) is 4.52. The van der Waals surface area contributed by atoms with Crippen molar-refractivity contribution in [1.82, 2.24) is 25.1 Å². The minimum absolute atomic E-state index is 0.0154. The number of carbonyl (C=O) groups excluding carboxylic acids is 4. The number of nitrogens with one attached hydrogen (secondary N) is 1. The molecule has 3 aliphatic rings. The molecule has 170 valence electrons. The van der Waals surface area contributed by atoms with E-state index in [0.717, 1.165) is 11.1 Å². The molecule has 0 aliphatic carbocycles. The molecule has 2 aromatic rings. The van der Waals surface area contributed by atoms with Gasteiger partial charge in [-0.15, -0.1) is 0 Å². The molecule has 2 fully saturated rings. The van der Waals surface area contributed by atoms with E-state index in [2.05, 4.69) is 15.3 Å². The molecule has 3 aliphatic heterocycles. The van der Waals surface area contributed by atoms with Crippen molar-refractivity contribution in [2.45, 2.75) is 44.2 Å². The van der Waals surface area contributed by atoms with Crippen molar-refractivity contribution in [2.75, 3.05) is 13.1 Å². The number of rotatable bonds is 3. The van der Waals surface area contributed by atoms with E-state index >= 15 is 0 Å². The van der Waals surface area contributed by atoms with Crippen molar-refractivity contribution in [3.8, 4) is 0 Å². The third kappa shape index (κ3) is 3.85. The zero-order valence-corrected chi connectivity index (χ0v) is 17.8. The molecule has 1 atom stereocenters. The van der Waals surface area contributed by atoms with Gasteiger partial charge in [-0.1, -0.05) is 0 Å². The zero-order valence-electron chi connectivity index (χ0n) is 17.8. The average molecular weight is 451 g/mol. The molecule has 0 saturated carbocycles. The highest BCUT2D eigenvalue weighted by Crippen LogP contribution is 2.37. The Morgan fingerprint density at radius 2 is 1.91 bits per heavy atom. The summed E-state index contributed by atoms with van der Waals surface area (Å²) in [6, 6.07) is 3.52. The summed E-state index contributed by atoms with van der Waals surface area (Å²) in [5.74, 6) is -1.92. The molecule has 2 saturated heterocycles. The first-order chi connectivity index (χ1) is 15.9. The summed E-state index contributed by atoms with van der Waals surface area (Å²) in [5.41, 5.74) is 2.09. The highest BCUT2D eigenvalue weighted by atomic mass is 19.1. The van der Waals surface area contributed by atoms with Crippen LogP contribution in [0.15, 0.2) is 30.7 Å². The van der Waals surface area contributed by atoms with Crippen LogP contribution in [0.3, 0.4) is 0 Å². The SMILES string of the molecule is O=C1CCC(N2Cc3c(cc(F)cc3C3CCN(C(=O)c4ccncn4)CC3)C2=O)C(=O)N1. The third-order valence-electron chi connectivity index (χ3n) is 6.68. The molecule has 1 unspecified atom stereocenters. The molecule has 4 heterocycles. The van der Waals surface area contributed by atoms with Crippen LogP contribution in [0.4, 0.5) is 4.39 Å². The van der Waals surface area contributed by atoms with Crippen LogP contribution in [0.25, 0.3) is 0 Å². The Hall–Kier alpha value is -3.69. The minimum Gasteiger partial charge on any atom is -0.337 e. The van der Waals surface area contributed by atoms with Gasteiger partial charge in [-0.05, 0) is 54.5 Å². The lowest BCUT2D eigenvalue weighted by atomic mass is 9.85. The molecule has 9 nitrogen and oxygen atoms in total. The average Bonchev–Trinajstić information content (AvgIpc) is 3.15. The fourth-order valence-corrected chi connectivity index (χ4v) is 4.99. The summed E-state index contributed by atoms with van der Waals surface area (Å²) < 4.78 is 14.5. The molecule has 1 aromatic heterocycles. The first-order valence-electron chi connectivity index (χ1n) is 10.9. The molecule has 1 aromatic carbocycles. The number of halogens is 1. The Kier molecular flexibility index (Phi) is 5.35. The van der Waals surface area contributed by atoms with Crippen LogP contribution in [-0.4, -0.2) is 62.5 Å².